The first-order valence-corrected chi connectivity index (χ1v) is 11.4. The minimum Gasteiger partial charge on any atom is -0.466 e. The molecule has 0 N–H and O–H groups in total. The lowest BCUT2D eigenvalue weighted by Crippen LogP contribution is -2.45. The molecule has 4 rings (SSSR count). The Labute approximate surface area is 192 Å². The number of rotatable bonds is 6. The summed E-state index contributed by atoms with van der Waals surface area (Å²) in [7, 11) is 0. The number of benzene rings is 1. The molecular formula is C24H29N5O4. The Hall–Kier alpha value is -3.49. The second-order valence-corrected chi connectivity index (χ2v) is 8.32. The number of aromatic nitrogens is 4. The predicted octanol–water partition coefficient (Wildman–Crippen LogP) is 2.23. The number of amides is 1. The van der Waals surface area contributed by atoms with Crippen LogP contribution in [0.2, 0.25) is 0 Å². The second-order valence-electron chi connectivity index (χ2n) is 8.32. The fourth-order valence-corrected chi connectivity index (χ4v) is 4.22. The third-order valence-corrected chi connectivity index (χ3v) is 6.07. The van der Waals surface area contributed by atoms with Crippen LogP contribution in [0, 0.1) is 12.8 Å². The van der Waals surface area contributed by atoms with Crippen LogP contribution in [0.1, 0.15) is 38.1 Å². The van der Waals surface area contributed by atoms with E-state index in [2.05, 4.69) is 17.1 Å². The van der Waals surface area contributed by atoms with E-state index < -0.39 is 0 Å². The maximum absolute atomic E-state index is 13.1. The number of fused-ring (bicyclic) bond motifs is 1. The predicted molar refractivity (Wildman–Crippen MR) is 123 cm³/mol. The number of nitrogens with zero attached hydrogens (tertiary/aromatic N) is 5. The molecule has 9 nitrogen and oxygen atoms in total. The molecule has 2 aromatic heterocycles. The molecule has 3 heterocycles. The molecule has 174 valence electrons. The maximum atomic E-state index is 13.1. The van der Waals surface area contributed by atoms with Crippen molar-refractivity contribution in [1.82, 2.24) is 24.3 Å². The molecule has 1 aliphatic rings. The van der Waals surface area contributed by atoms with Gasteiger partial charge in [-0.3, -0.25) is 14.4 Å². The molecule has 0 saturated carbocycles. The highest BCUT2D eigenvalue weighted by atomic mass is 16.5. The smallest absolute Gasteiger partial charge is 0.310 e. The molecule has 1 aromatic carbocycles. The molecule has 0 spiro atoms. The molecular weight excluding hydrogens is 422 g/mol. The zero-order valence-electron chi connectivity index (χ0n) is 19.3. The monoisotopic (exact) mass is 451 g/mol. The van der Waals surface area contributed by atoms with Crippen LogP contribution in [0.15, 0.2) is 35.1 Å². The van der Waals surface area contributed by atoms with Crippen molar-refractivity contribution in [2.75, 3.05) is 19.7 Å². The summed E-state index contributed by atoms with van der Waals surface area (Å²) in [5, 5.41) is 8.87. The first kappa shape index (κ1) is 22.7. The van der Waals surface area contributed by atoms with Crippen molar-refractivity contribution >= 4 is 17.4 Å². The van der Waals surface area contributed by atoms with Crippen LogP contribution in [0.25, 0.3) is 16.8 Å². The Kier molecular flexibility index (Phi) is 6.57. The maximum Gasteiger partial charge on any atom is 0.310 e. The van der Waals surface area contributed by atoms with Gasteiger partial charge in [0.2, 0.25) is 5.91 Å². The number of hydrogen-bond donors (Lipinski definition) is 0. The normalized spacial score (nSPS) is 16.2. The van der Waals surface area contributed by atoms with Gasteiger partial charge in [-0.2, -0.15) is 10.2 Å². The van der Waals surface area contributed by atoms with Gasteiger partial charge >= 0.3 is 5.97 Å². The van der Waals surface area contributed by atoms with Crippen LogP contribution in [-0.2, 0) is 27.3 Å². The molecule has 33 heavy (non-hydrogen) atoms. The molecule has 1 saturated heterocycles. The quantitative estimate of drug-likeness (QED) is 0.533. The zero-order chi connectivity index (χ0) is 23.5. The van der Waals surface area contributed by atoms with E-state index in [1.54, 1.807) is 24.8 Å². The van der Waals surface area contributed by atoms with Gasteiger partial charge in [-0.25, -0.2) is 9.20 Å². The van der Waals surface area contributed by atoms with E-state index in [9.17, 15) is 14.4 Å². The van der Waals surface area contributed by atoms with Crippen LogP contribution < -0.4 is 5.56 Å². The summed E-state index contributed by atoms with van der Waals surface area (Å²) in [5.74, 6) is -0.330. The first-order chi connectivity index (χ1) is 15.9. The summed E-state index contributed by atoms with van der Waals surface area (Å²) >= 11 is 0. The van der Waals surface area contributed by atoms with Crippen LogP contribution in [0.4, 0.5) is 0 Å². The summed E-state index contributed by atoms with van der Waals surface area (Å²) in [4.78, 5) is 39.7. The lowest BCUT2D eigenvalue weighted by atomic mass is 9.98. The Balaban J connectivity index is 1.57. The third kappa shape index (κ3) is 4.67. The minimum absolute atomic E-state index is 0.183. The average Bonchev–Trinajstić information content (AvgIpc) is 3.29. The lowest BCUT2D eigenvalue weighted by Gasteiger charge is -2.31. The number of aryl methyl sites for hydroxylation is 2. The van der Waals surface area contributed by atoms with Crippen molar-refractivity contribution in [2.24, 2.45) is 5.92 Å². The van der Waals surface area contributed by atoms with E-state index in [0.29, 0.717) is 43.2 Å². The van der Waals surface area contributed by atoms with E-state index >= 15 is 0 Å². The van der Waals surface area contributed by atoms with Crippen molar-refractivity contribution < 1.29 is 14.3 Å². The molecule has 1 fully saturated rings. The lowest BCUT2D eigenvalue weighted by molar-refractivity contribution is -0.151. The number of hydrogen-bond acceptors (Lipinski definition) is 6. The summed E-state index contributed by atoms with van der Waals surface area (Å²) in [6.45, 7) is 6.60. The van der Waals surface area contributed by atoms with Gasteiger partial charge in [0.05, 0.1) is 18.2 Å². The molecule has 1 aliphatic heterocycles. The number of carbonyl (C=O) groups excluding carboxylic acids is 2. The van der Waals surface area contributed by atoms with Gasteiger partial charge in [-0.15, -0.1) is 0 Å². The molecule has 1 amide bonds. The zero-order valence-corrected chi connectivity index (χ0v) is 19.3. The summed E-state index contributed by atoms with van der Waals surface area (Å²) in [5.41, 5.74) is 2.81. The highest BCUT2D eigenvalue weighted by molar-refractivity contribution is 5.78. The van der Waals surface area contributed by atoms with Crippen LogP contribution in [0.3, 0.4) is 0 Å². The second kappa shape index (κ2) is 9.56. The van der Waals surface area contributed by atoms with Crippen molar-refractivity contribution in [3.05, 3.63) is 52.1 Å². The molecule has 9 heteroatoms. The molecule has 0 aliphatic carbocycles. The van der Waals surface area contributed by atoms with Gasteiger partial charge in [-0.05, 0) is 44.7 Å². The Morgan fingerprint density at radius 1 is 1.15 bits per heavy atom. The van der Waals surface area contributed by atoms with Gasteiger partial charge in [0.1, 0.15) is 17.9 Å². The number of carbonyl (C=O) groups is 2. The van der Waals surface area contributed by atoms with Crippen LogP contribution >= 0.6 is 0 Å². The number of piperidine rings is 1. The van der Waals surface area contributed by atoms with Gasteiger partial charge in [0.15, 0.2) is 0 Å². The van der Waals surface area contributed by atoms with E-state index in [-0.39, 0.29) is 29.9 Å². The highest BCUT2D eigenvalue weighted by Crippen LogP contribution is 2.20. The third-order valence-electron chi connectivity index (χ3n) is 6.07. The standard InChI is InChI=1S/C24H29N5O4/c1-4-17-8-10-18(11-9-17)20-13-21-23(31)28(25-16(3)29(21)26-20)15-22(30)27-12-6-7-19(14-27)24(32)33-5-2/h8-11,13,19H,4-7,12,14-15H2,1-3H3/t19-/m0/s1. The van der Waals surface area contributed by atoms with Gasteiger partial charge in [-0.1, -0.05) is 31.2 Å². The van der Waals surface area contributed by atoms with E-state index in [1.807, 2.05) is 24.3 Å². The van der Waals surface area contributed by atoms with Crippen molar-refractivity contribution in [3.63, 3.8) is 0 Å². The fourth-order valence-electron chi connectivity index (χ4n) is 4.22. The van der Waals surface area contributed by atoms with Crippen molar-refractivity contribution in [1.29, 1.82) is 0 Å². The average molecular weight is 452 g/mol. The van der Waals surface area contributed by atoms with E-state index in [4.69, 9.17) is 4.74 Å². The highest BCUT2D eigenvalue weighted by Gasteiger charge is 2.29. The number of esters is 1. The SMILES string of the molecule is CCOC(=O)[C@H]1CCCN(C(=O)Cn2nc(C)n3nc(-c4ccc(CC)cc4)cc3c2=O)C1. The van der Waals surface area contributed by atoms with E-state index in [1.165, 1.54) is 14.8 Å². The summed E-state index contributed by atoms with van der Waals surface area (Å²) in [6.07, 6.45) is 2.37. The molecule has 0 unspecified atom stereocenters. The number of likely N-dealkylation sites (tertiary alicyclic amines) is 1. The molecule has 3 aromatic rings. The van der Waals surface area contributed by atoms with Crippen molar-refractivity contribution in [3.8, 4) is 11.3 Å². The van der Waals surface area contributed by atoms with Gasteiger partial charge in [0.25, 0.3) is 5.56 Å². The topological polar surface area (TPSA) is 98.8 Å². The molecule has 1 atom stereocenters. The Bertz CT molecular complexity index is 1230. The largest absolute Gasteiger partial charge is 0.466 e. The van der Waals surface area contributed by atoms with E-state index in [0.717, 1.165) is 18.4 Å². The summed E-state index contributed by atoms with van der Waals surface area (Å²) in [6, 6.07) is 9.80. The Morgan fingerprint density at radius 2 is 1.91 bits per heavy atom. The first-order valence-electron chi connectivity index (χ1n) is 11.4. The molecule has 0 radical (unpaired) electrons. The van der Waals surface area contributed by atoms with Crippen LogP contribution in [-0.4, -0.2) is 55.9 Å². The fraction of sp³-hybridized carbons (Fsp3) is 0.458. The van der Waals surface area contributed by atoms with Gasteiger partial charge in [0, 0.05) is 18.7 Å². The molecule has 0 bridgehead atoms. The Morgan fingerprint density at radius 3 is 2.61 bits per heavy atom. The number of ether oxygens (including phenoxy) is 1. The van der Waals surface area contributed by atoms with Crippen LogP contribution in [0.5, 0.6) is 0 Å². The van der Waals surface area contributed by atoms with Gasteiger partial charge < -0.3 is 9.64 Å². The summed E-state index contributed by atoms with van der Waals surface area (Å²) < 4.78 is 7.81. The minimum atomic E-state index is -0.378. The van der Waals surface area contributed by atoms with Crippen molar-refractivity contribution in [2.45, 2.75) is 46.6 Å².